The monoisotopic (exact) mass is 893 g/mol. The predicted octanol–water partition coefficient (Wildman–Crippen LogP) is 7.07. The van der Waals surface area contributed by atoms with Gasteiger partial charge in [0.05, 0.1) is 54.6 Å². The molecule has 4 aromatic rings. The fraction of sp³-hybridized carbons (Fsp3) is 0.358. The average molecular weight is 894 g/mol. The molecule has 4 aliphatic rings. The van der Waals surface area contributed by atoms with E-state index in [1.807, 2.05) is 82.3 Å². The van der Waals surface area contributed by atoms with Crippen molar-refractivity contribution in [1.82, 2.24) is 10.6 Å². The van der Waals surface area contributed by atoms with E-state index in [0.29, 0.717) is 60.5 Å². The molecule has 0 fully saturated rings. The zero-order valence-corrected chi connectivity index (χ0v) is 37.6. The van der Waals surface area contributed by atoms with Crippen molar-refractivity contribution in [3.8, 4) is 23.3 Å². The molecule has 0 radical (unpaired) electrons. The van der Waals surface area contributed by atoms with Crippen molar-refractivity contribution < 1.29 is 48.3 Å². The van der Waals surface area contributed by atoms with Gasteiger partial charge in [-0.25, -0.2) is 4.79 Å². The van der Waals surface area contributed by atoms with Crippen molar-refractivity contribution in [3.05, 3.63) is 148 Å². The molecule has 3 heterocycles. The number of aliphatic hydroxyl groups excluding tert-OH is 1. The van der Waals surface area contributed by atoms with Crippen LogP contribution in [-0.4, -0.2) is 77.5 Å². The highest BCUT2D eigenvalue weighted by atomic mass is 16.6. The molecule has 0 aromatic heterocycles. The number of benzene rings is 4. The highest BCUT2D eigenvalue weighted by molar-refractivity contribution is 5.97. The second kappa shape index (κ2) is 18.9. The number of carbonyl (C=O) groups excluding carboxylic acids is 4. The topological polar surface area (TPSA) is 173 Å². The van der Waals surface area contributed by atoms with Crippen LogP contribution in [0.3, 0.4) is 0 Å². The quantitative estimate of drug-likeness (QED) is 0.0518. The molecule has 1 spiro atoms. The lowest BCUT2D eigenvalue weighted by molar-refractivity contribution is -0.125. The third-order valence-electron chi connectivity index (χ3n) is 12.5. The number of carbonyl (C=O) groups is 4. The Labute approximate surface area is 384 Å². The molecular weight excluding hydrogens is 839 g/mol. The second-order valence-electron chi connectivity index (χ2n) is 18.2. The first-order chi connectivity index (χ1) is 31.6. The maximum atomic E-state index is 13.5. The van der Waals surface area contributed by atoms with Gasteiger partial charge in [0, 0.05) is 54.3 Å². The van der Waals surface area contributed by atoms with Crippen molar-refractivity contribution in [2.45, 2.75) is 89.3 Å². The van der Waals surface area contributed by atoms with Crippen LogP contribution in [0, 0.1) is 17.8 Å². The Balaban J connectivity index is 0.758. The van der Waals surface area contributed by atoms with E-state index in [1.165, 1.54) is 12.1 Å². The van der Waals surface area contributed by atoms with Crippen LogP contribution in [0.25, 0.3) is 0 Å². The number of phenols is 1. The molecule has 8 rings (SSSR count). The van der Waals surface area contributed by atoms with Crippen molar-refractivity contribution in [3.63, 3.8) is 0 Å². The van der Waals surface area contributed by atoms with E-state index in [9.17, 15) is 29.4 Å². The molecule has 4 N–H and O–H groups in total. The summed E-state index contributed by atoms with van der Waals surface area (Å²) in [6.45, 7) is 9.61. The van der Waals surface area contributed by atoms with Crippen LogP contribution in [0.2, 0.25) is 0 Å². The van der Waals surface area contributed by atoms with E-state index in [-0.39, 0.29) is 61.6 Å². The zero-order chi connectivity index (χ0) is 46.6. The number of aromatic hydroxyl groups is 1. The van der Waals surface area contributed by atoms with Gasteiger partial charge in [0.1, 0.15) is 23.4 Å². The molecule has 13 nitrogen and oxygen atoms in total. The molecule has 66 heavy (non-hydrogen) atoms. The highest BCUT2D eigenvalue weighted by Crippen LogP contribution is 2.56. The third kappa shape index (κ3) is 10.0. The van der Waals surface area contributed by atoms with Gasteiger partial charge in [-0.1, -0.05) is 60.4 Å². The minimum atomic E-state index is -1.30. The molecule has 3 unspecified atom stereocenters. The van der Waals surface area contributed by atoms with Crippen LogP contribution in [0.1, 0.15) is 97.1 Å². The Morgan fingerprint density at radius 1 is 0.818 bits per heavy atom. The Morgan fingerprint density at radius 2 is 1.55 bits per heavy atom. The number of nitrogens with zero attached hydrogens (tertiary/aromatic N) is 1. The maximum Gasteiger partial charge on any atom is 0.339 e. The summed E-state index contributed by atoms with van der Waals surface area (Å²) in [5, 5.41) is 26.4. The summed E-state index contributed by atoms with van der Waals surface area (Å²) in [6, 6.07) is 25.2. The lowest BCUT2D eigenvalue weighted by Crippen LogP contribution is -2.48. The van der Waals surface area contributed by atoms with E-state index >= 15 is 0 Å². The Hall–Kier alpha value is -6.88. The first-order valence-corrected chi connectivity index (χ1v) is 22.4. The van der Waals surface area contributed by atoms with Crippen LogP contribution in [0.15, 0.2) is 109 Å². The van der Waals surface area contributed by atoms with Crippen LogP contribution < -0.4 is 20.3 Å². The van der Waals surface area contributed by atoms with Crippen LogP contribution >= 0.6 is 0 Å². The molecule has 0 bridgehead atoms. The highest BCUT2D eigenvalue weighted by Gasteiger charge is 2.58. The van der Waals surface area contributed by atoms with Gasteiger partial charge in [-0.15, -0.1) is 0 Å². The molecule has 4 aromatic carbocycles. The number of amides is 3. The number of nitrogens with one attached hydrogen (secondary N) is 2. The summed E-state index contributed by atoms with van der Waals surface area (Å²) in [6.07, 6.45) is 5.51. The number of rotatable bonds is 16. The van der Waals surface area contributed by atoms with Gasteiger partial charge in [0.25, 0.3) is 0 Å². The fourth-order valence-electron chi connectivity index (χ4n) is 8.88. The van der Waals surface area contributed by atoms with Crippen LogP contribution in [-0.2, 0) is 47.2 Å². The Morgan fingerprint density at radius 3 is 2.38 bits per heavy atom. The van der Waals surface area contributed by atoms with E-state index in [0.717, 1.165) is 22.4 Å². The first kappa shape index (κ1) is 45.7. The van der Waals surface area contributed by atoms with Gasteiger partial charge in [0.2, 0.25) is 17.7 Å². The van der Waals surface area contributed by atoms with Crippen molar-refractivity contribution in [2.75, 3.05) is 31.2 Å². The Bertz CT molecular complexity index is 2670. The number of aliphatic hydroxyl groups is 1. The molecule has 0 saturated heterocycles. The SMILES string of the molecule is CC(C)(CCNC(=O)CCC(=O)N1Cc2ccccc2C#Cc2ccccc21)OCCC(C)(C)OCCNC(=O)Cc1ccc2c(c1)C1(OC2=O)c2ccc(O)cc2OC2C=C(O)C=CC21. The molecular formula is C53H55N3O10. The largest absolute Gasteiger partial charge is 0.508 e. The van der Waals surface area contributed by atoms with Crippen LogP contribution in [0.5, 0.6) is 11.5 Å². The number of ether oxygens (including phenoxy) is 4. The van der Waals surface area contributed by atoms with Crippen molar-refractivity contribution >= 4 is 29.4 Å². The molecule has 1 aliphatic carbocycles. The van der Waals surface area contributed by atoms with E-state index < -0.39 is 34.8 Å². The number of esters is 1. The number of hydrogen-bond acceptors (Lipinski definition) is 10. The fourth-order valence-corrected chi connectivity index (χ4v) is 8.88. The molecule has 342 valence electrons. The van der Waals surface area contributed by atoms with Gasteiger partial charge in [0.15, 0.2) is 5.60 Å². The minimum Gasteiger partial charge on any atom is -0.508 e. The van der Waals surface area contributed by atoms with Crippen LogP contribution in [0.4, 0.5) is 5.69 Å². The van der Waals surface area contributed by atoms with Crippen molar-refractivity contribution in [2.24, 2.45) is 5.92 Å². The van der Waals surface area contributed by atoms with Gasteiger partial charge in [-0.2, -0.15) is 0 Å². The average Bonchev–Trinajstić information content (AvgIpc) is 3.55. The number of anilines is 1. The van der Waals surface area contributed by atoms with E-state index in [2.05, 4.69) is 22.5 Å². The molecule has 3 amide bonds. The summed E-state index contributed by atoms with van der Waals surface area (Å²) in [5.41, 5.74) is 3.16. The zero-order valence-electron chi connectivity index (χ0n) is 37.6. The van der Waals surface area contributed by atoms with Crippen molar-refractivity contribution in [1.29, 1.82) is 0 Å². The number of phenolic OH excluding ortho intramolecular Hbond substituents is 1. The Kier molecular flexibility index (Phi) is 13.1. The second-order valence-corrected chi connectivity index (χ2v) is 18.2. The summed E-state index contributed by atoms with van der Waals surface area (Å²) in [5.74, 6) is 5.15. The predicted molar refractivity (Wildman–Crippen MR) is 247 cm³/mol. The number of hydrogen-bond donors (Lipinski definition) is 4. The number of fused-ring (bicyclic) bond motifs is 8. The summed E-state index contributed by atoms with van der Waals surface area (Å²) in [4.78, 5) is 54.6. The molecule has 0 saturated carbocycles. The summed E-state index contributed by atoms with van der Waals surface area (Å²) < 4.78 is 24.7. The van der Waals surface area contributed by atoms with Gasteiger partial charge >= 0.3 is 5.97 Å². The van der Waals surface area contributed by atoms with E-state index in [1.54, 1.807) is 41.3 Å². The third-order valence-corrected chi connectivity index (χ3v) is 12.5. The lowest BCUT2D eigenvalue weighted by Gasteiger charge is -2.44. The molecule has 3 aliphatic heterocycles. The first-order valence-electron chi connectivity index (χ1n) is 22.4. The summed E-state index contributed by atoms with van der Waals surface area (Å²) in [7, 11) is 0. The smallest absolute Gasteiger partial charge is 0.339 e. The lowest BCUT2D eigenvalue weighted by atomic mass is 9.70. The van der Waals surface area contributed by atoms with Gasteiger partial charge < -0.3 is 44.7 Å². The van der Waals surface area contributed by atoms with Gasteiger partial charge in [-0.05, 0) is 100 Å². The molecule has 13 heteroatoms. The van der Waals surface area contributed by atoms with E-state index in [4.69, 9.17) is 18.9 Å². The number of allylic oxidation sites excluding steroid dienone is 1. The minimum absolute atomic E-state index is 0.0165. The maximum absolute atomic E-state index is 13.5. The van der Waals surface area contributed by atoms with Gasteiger partial charge in [-0.3, -0.25) is 14.4 Å². The summed E-state index contributed by atoms with van der Waals surface area (Å²) >= 11 is 0. The standard InChI is InChI=1S/C53H55N3O10/c1-51(2,23-25-54-47(59)21-22-49(61)56-33-37-11-6-5-9-35(37)14-15-36-10-7-8-12-44(36)56)63-27-24-52(3,4)64-28-26-55-48(60)30-34-13-18-40-43(29-34)53(66-50(40)62)41-19-16-38(57)31-45(41)65-46-32-39(58)17-20-42(46)53/h5-13,16-20,29,31-32,41,45,57-58H,21-28,30,33H2,1-4H3,(H,54,59)(H,55,60). The number of para-hydroxylation sites is 1. The molecule has 3 atom stereocenters. The normalized spacial score (nSPS) is 18.9.